The van der Waals surface area contributed by atoms with E-state index in [2.05, 4.69) is 13.8 Å². The van der Waals surface area contributed by atoms with Gasteiger partial charge in [0.2, 0.25) is 0 Å². The molecule has 0 bridgehead atoms. The SMILES string of the molecule is Cc1ccn(-c2cccc(C(C)C)c2)c(=O)c1C(=O)N(CCO)Cc1ccco1. The van der Waals surface area contributed by atoms with Crippen molar-refractivity contribution in [1.82, 2.24) is 9.47 Å². The van der Waals surface area contributed by atoms with Gasteiger partial charge >= 0.3 is 0 Å². The number of aliphatic hydroxyl groups excluding tert-OH is 1. The highest BCUT2D eigenvalue weighted by molar-refractivity contribution is 5.95. The van der Waals surface area contributed by atoms with Crippen LogP contribution in [-0.4, -0.2) is 33.6 Å². The molecule has 0 saturated carbocycles. The molecule has 0 aliphatic heterocycles. The minimum atomic E-state index is -0.424. The molecule has 0 atom stereocenters. The van der Waals surface area contributed by atoms with Gasteiger partial charge in [-0.1, -0.05) is 26.0 Å². The fourth-order valence-electron chi connectivity index (χ4n) is 3.25. The molecule has 1 aromatic carbocycles. The number of nitrogens with zero attached hydrogens (tertiary/aromatic N) is 2. The van der Waals surface area contributed by atoms with Gasteiger partial charge in [-0.05, 0) is 54.3 Å². The molecular weight excluding hydrogens is 368 g/mol. The Labute approximate surface area is 170 Å². The zero-order valence-electron chi connectivity index (χ0n) is 17.0. The highest BCUT2D eigenvalue weighted by Crippen LogP contribution is 2.18. The molecule has 0 aliphatic carbocycles. The molecule has 2 heterocycles. The second-order valence-corrected chi connectivity index (χ2v) is 7.33. The van der Waals surface area contributed by atoms with Crippen molar-refractivity contribution < 1.29 is 14.3 Å². The normalized spacial score (nSPS) is 11.1. The van der Waals surface area contributed by atoms with Gasteiger partial charge in [0.1, 0.15) is 11.3 Å². The van der Waals surface area contributed by atoms with Crippen molar-refractivity contribution in [3.05, 3.63) is 87.7 Å². The molecule has 6 nitrogen and oxygen atoms in total. The van der Waals surface area contributed by atoms with Crippen molar-refractivity contribution in [3.63, 3.8) is 0 Å². The Morgan fingerprint density at radius 3 is 2.66 bits per heavy atom. The van der Waals surface area contributed by atoms with E-state index in [0.717, 1.165) is 11.3 Å². The average Bonchev–Trinajstić information content (AvgIpc) is 3.21. The topological polar surface area (TPSA) is 75.7 Å². The van der Waals surface area contributed by atoms with Gasteiger partial charge in [0.05, 0.1) is 19.4 Å². The van der Waals surface area contributed by atoms with Crippen LogP contribution in [0.2, 0.25) is 0 Å². The first kappa shape index (κ1) is 20.6. The van der Waals surface area contributed by atoms with Crippen LogP contribution in [0.1, 0.15) is 47.0 Å². The minimum Gasteiger partial charge on any atom is -0.467 e. The Balaban J connectivity index is 2.02. The maximum atomic E-state index is 13.3. The van der Waals surface area contributed by atoms with Crippen molar-refractivity contribution in [2.45, 2.75) is 33.2 Å². The standard InChI is InChI=1S/C23H26N2O4/c1-16(2)18-6-4-7-19(14-18)25-10-9-17(3)21(23(25)28)22(27)24(11-12-26)15-20-8-5-13-29-20/h4-10,13-14,16,26H,11-12,15H2,1-3H3. The number of furan rings is 1. The van der Waals surface area contributed by atoms with Crippen LogP contribution in [0.4, 0.5) is 0 Å². The third kappa shape index (κ3) is 4.49. The van der Waals surface area contributed by atoms with Gasteiger partial charge < -0.3 is 14.4 Å². The van der Waals surface area contributed by atoms with E-state index in [9.17, 15) is 14.7 Å². The first-order chi connectivity index (χ1) is 13.9. The van der Waals surface area contributed by atoms with E-state index in [1.807, 2.05) is 24.3 Å². The Morgan fingerprint density at radius 2 is 2.00 bits per heavy atom. The number of benzene rings is 1. The lowest BCUT2D eigenvalue weighted by Crippen LogP contribution is -2.38. The predicted octanol–water partition coefficient (Wildman–Crippen LogP) is 3.50. The molecule has 0 saturated heterocycles. The average molecular weight is 394 g/mol. The van der Waals surface area contributed by atoms with Crippen LogP contribution in [-0.2, 0) is 6.54 Å². The molecule has 3 aromatic rings. The van der Waals surface area contributed by atoms with E-state index < -0.39 is 5.91 Å². The summed E-state index contributed by atoms with van der Waals surface area (Å²) in [7, 11) is 0. The van der Waals surface area contributed by atoms with E-state index in [0.29, 0.717) is 17.2 Å². The summed E-state index contributed by atoms with van der Waals surface area (Å²) >= 11 is 0. The molecule has 152 valence electrons. The van der Waals surface area contributed by atoms with Crippen LogP contribution in [0.5, 0.6) is 0 Å². The van der Waals surface area contributed by atoms with E-state index in [4.69, 9.17) is 4.42 Å². The Morgan fingerprint density at radius 1 is 1.21 bits per heavy atom. The maximum Gasteiger partial charge on any atom is 0.268 e. The van der Waals surface area contributed by atoms with Crippen molar-refractivity contribution in [3.8, 4) is 5.69 Å². The monoisotopic (exact) mass is 394 g/mol. The quantitative estimate of drug-likeness (QED) is 0.666. The van der Waals surface area contributed by atoms with Gasteiger partial charge in [0.25, 0.3) is 11.5 Å². The van der Waals surface area contributed by atoms with Crippen LogP contribution in [0.25, 0.3) is 5.69 Å². The molecule has 3 rings (SSSR count). The minimum absolute atomic E-state index is 0.0995. The van der Waals surface area contributed by atoms with Crippen molar-refractivity contribution in [2.24, 2.45) is 0 Å². The van der Waals surface area contributed by atoms with Gasteiger partial charge in [0, 0.05) is 18.4 Å². The highest BCUT2D eigenvalue weighted by atomic mass is 16.3. The lowest BCUT2D eigenvalue weighted by atomic mass is 10.0. The van der Waals surface area contributed by atoms with Crippen LogP contribution in [0, 0.1) is 6.92 Å². The Kier molecular flexibility index (Phi) is 6.34. The number of amides is 1. The largest absolute Gasteiger partial charge is 0.467 e. The molecule has 0 unspecified atom stereocenters. The number of pyridine rings is 1. The van der Waals surface area contributed by atoms with Crippen molar-refractivity contribution >= 4 is 5.91 Å². The summed E-state index contributed by atoms with van der Waals surface area (Å²) in [5.41, 5.74) is 2.15. The van der Waals surface area contributed by atoms with Gasteiger partial charge in [-0.3, -0.25) is 14.2 Å². The number of carbonyl (C=O) groups is 1. The Hall–Kier alpha value is -3.12. The van der Waals surface area contributed by atoms with E-state index in [1.165, 1.54) is 15.7 Å². The number of carbonyl (C=O) groups excluding carboxylic acids is 1. The first-order valence-electron chi connectivity index (χ1n) is 9.67. The number of aryl methyl sites for hydroxylation is 1. The predicted molar refractivity (Wildman–Crippen MR) is 111 cm³/mol. The highest BCUT2D eigenvalue weighted by Gasteiger charge is 2.23. The molecule has 0 spiro atoms. The molecule has 29 heavy (non-hydrogen) atoms. The van der Waals surface area contributed by atoms with Gasteiger partial charge in [0.15, 0.2) is 0 Å². The van der Waals surface area contributed by atoms with E-state index in [-0.39, 0.29) is 30.8 Å². The number of aliphatic hydroxyl groups is 1. The van der Waals surface area contributed by atoms with Crippen LogP contribution in [0.3, 0.4) is 0 Å². The fraction of sp³-hybridized carbons (Fsp3) is 0.304. The molecule has 0 fully saturated rings. The lowest BCUT2D eigenvalue weighted by molar-refractivity contribution is 0.0692. The maximum absolute atomic E-state index is 13.3. The summed E-state index contributed by atoms with van der Waals surface area (Å²) in [6.45, 7) is 6.01. The molecule has 6 heteroatoms. The molecule has 0 aliphatic rings. The summed E-state index contributed by atoms with van der Waals surface area (Å²) in [6, 6.07) is 13.0. The van der Waals surface area contributed by atoms with Gasteiger partial charge in [-0.15, -0.1) is 0 Å². The summed E-state index contributed by atoms with van der Waals surface area (Å²) in [6.07, 6.45) is 3.22. The zero-order chi connectivity index (χ0) is 21.0. The summed E-state index contributed by atoms with van der Waals surface area (Å²) in [5, 5.41) is 9.41. The molecule has 1 N–H and O–H groups in total. The van der Waals surface area contributed by atoms with Crippen LogP contribution >= 0.6 is 0 Å². The summed E-state index contributed by atoms with van der Waals surface area (Å²) < 4.78 is 6.82. The molecule has 2 aromatic heterocycles. The number of hydrogen-bond donors (Lipinski definition) is 1. The second kappa shape index (κ2) is 8.92. The first-order valence-corrected chi connectivity index (χ1v) is 9.67. The third-order valence-electron chi connectivity index (χ3n) is 4.91. The molecule has 0 radical (unpaired) electrons. The number of hydrogen-bond acceptors (Lipinski definition) is 4. The Bertz CT molecular complexity index is 1040. The van der Waals surface area contributed by atoms with Gasteiger partial charge in [-0.2, -0.15) is 0 Å². The van der Waals surface area contributed by atoms with Crippen LogP contribution in [0.15, 0.2) is 64.1 Å². The summed E-state index contributed by atoms with van der Waals surface area (Å²) in [4.78, 5) is 27.9. The van der Waals surface area contributed by atoms with Crippen LogP contribution < -0.4 is 5.56 Å². The van der Waals surface area contributed by atoms with Crippen molar-refractivity contribution in [2.75, 3.05) is 13.2 Å². The smallest absolute Gasteiger partial charge is 0.268 e. The van der Waals surface area contributed by atoms with E-state index >= 15 is 0 Å². The van der Waals surface area contributed by atoms with Gasteiger partial charge in [-0.25, -0.2) is 0 Å². The third-order valence-corrected chi connectivity index (χ3v) is 4.91. The van der Waals surface area contributed by atoms with E-state index in [1.54, 1.807) is 31.3 Å². The number of aromatic nitrogens is 1. The summed E-state index contributed by atoms with van der Waals surface area (Å²) in [5.74, 6) is 0.489. The second-order valence-electron chi connectivity index (χ2n) is 7.33. The number of rotatable bonds is 7. The molecular formula is C23H26N2O4. The van der Waals surface area contributed by atoms with Crippen molar-refractivity contribution in [1.29, 1.82) is 0 Å². The lowest BCUT2D eigenvalue weighted by Gasteiger charge is -2.22. The molecule has 1 amide bonds. The zero-order valence-corrected chi connectivity index (χ0v) is 17.0. The fourth-order valence-corrected chi connectivity index (χ4v) is 3.25.